The third-order valence-corrected chi connectivity index (χ3v) is 5.41. The average molecular weight is 270 g/mol. The third-order valence-electron chi connectivity index (χ3n) is 4.41. The monoisotopic (exact) mass is 270 g/mol. The summed E-state index contributed by atoms with van der Waals surface area (Å²) in [6, 6.07) is 7.57. The van der Waals surface area contributed by atoms with E-state index in [1.165, 1.54) is 43.4 Å². The molecule has 0 saturated carbocycles. The summed E-state index contributed by atoms with van der Waals surface area (Å²) in [5, 5.41) is 6.10. The van der Waals surface area contributed by atoms with Crippen molar-refractivity contribution in [3.63, 3.8) is 0 Å². The molecule has 2 heterocycles. The van der Waals surface area contributed by atoms with Crippen LogP contribution in [0, 0.1) is 0 Å². The molecule has 0 aliphatic heterocycles. The van der Waals surface area contributed by atoms with E-state index in [0.717, 1.165) is 0 Å². The Balaban J connectivity index is 1.58. The van der Waals surface area contributed by atoms with E-state index in [0.29, 0.717) is 12.1 Å². The van der Waals surface area contributed by atoms with E-state index in [2.05, 4.69) is 33.9 Å². The van der Waals surface area contributed by atoms with Gasteiger partial charge in [-0.15, -0.1) is 11.3 Å². The summed E-state index contributed by atoms with van der Waals surface area (Å²) in [5.41, 5.74) is 4.26. The van der Waals surface area contributed by atoms with Crippen LogP contribution in [0.2, 0.25) is 0 Å². The first kappa shape index (κ1) is 11.6. The van der Waals surface area contributed by atoms with Crippen LogP contribution >= 0.6 is 11.3 Å². The Hall–Kier alpha value is -1.19. The van der Waals surface area contributed by atoms with Crippen molar-refractivity contribution in [1.82, 2.24) is 10.3 Å². The molecule has 2 unspecified atom stereocenters. The third kappa shape index (κ3) is 2.01. The predicted octanol–water partition coefficient (Wildman–Crippen LogP) is 3.80. The van der Waals surface area contributed by atoms with E-state index >= 15 is 0 Å². The topological polar surface area (TPSA) is 24.9 Å². The molecule has 0 radical (unpaired) electrons. The molecule has 0 amide bonds. The van der Waals surface area contributed by atoms with Crippen LogP contribution < -0.4 is 5.32 Å². The van der Waals surface area contributed by atoms with Crippen LogP contribution in [0.15, 0.2) is 29.8 Å². The van der Waals surface area contributed by atoms with E-state index in [1.807, 2.05) is 17.5 Å². The second kappa shape index (κ2) is 4.73. The SMILES string of the molecule is c1cnc2c(c1)CCC2NC1CCCc2sccc21. The molecule has 0 saturated heterocycles. The summed E-state index contributed by atoms with van der Waals surface area (Å²) in [7, 11) is 0. The smallest absolute Gasteiger partial charge is 0.0605 e. The summed E-state index contributed by atoms with van der Waals surface area (Å²) in [4.78, 5) is 6.18. The van der Waals surface area contributed by atoms with Crippen LogP contribution in [0.25, 0.3) is 0 Å². The fourth-order valence-corrected chi connectivity index (χ4v) is 4.46. The fourth-order valence-electron chi connectivity index (χ4n) is 3.48. The molecule has 0 fully saturated rings. The highest BCUT2D eigenvalue weighted by Crippen LogP contribution is 2.37. The minimum atomic E-state index is 0.451. The van der Waals surface area contributed by atoms with Crippen LogP contribution in [0.5, 0.6) is 0 Å². The highest BCUT2D eigenvalue weighted by atomic mass is 32.1. The van der Waals surface area contributed by atoms with E-state index in [-0.39, 0.29) is 0 Å². The zero-order valence-corrected chi connectivity index (χ0v) is 11.7. The molecule has 2 aromatic heterocycles. The molecule has 2 aliphatic rings. The summed E-state index contributed by atoms with van der Waals surface area (Å²) in [5.74, 6) is 0. The van der Waals surface area contributed by atoms with E-state index in [9.17, 15) is 0 Å². The van der Waals surface area contributed by atoms with Gasteiger partial charge in [0.05, 0.1) is 11.7 Å². The number of pyridine rings is 1. The van der Waals surface area contributed by atoms with Gasteiger partial charge in [-0.25, -0.2) is 0 Å². The maximum absolute atomic E-state index is 4.59. The molecule has 2 nitrogen and oxygen atoms in total. The maximum atomic E-state index is 4.59. The summed E-state index contributed by atoms with van der Waals surface area (Å²) >= 11 is 1.92. The van der Waals surface area contributed by atoms with Gasteiger partial charge < -0.3 is 5.32 Å². The molecule has 2 atom stereocenters. The van der Waals surface area contributed by atoms with Crippen molar-refractivity contribution in [2.24, 2.45) is 0 Å². The minimum absolute atomic E-state index is 0.451. The highest BCUT2D eigenvalue weighted by Gasteiger charge is 2.28. The lowest BCUT2D eigenvalue weighted by atomic mass is 9.93. The zero-order chi connectivity index (χ0) is 12.7. The van der Waals surface area contributed by atoms with E-state index < -0.39 is 0 Å². The first-order chi connectivity index (χ1) is 9.42. The van der Waals surface area contributed by atoms with Gasteiger partial charge in [-0.1, -0.05) is 6.07 Å². The standard InChI is InChI=1S/C16H18N2S/c1-4-13(12-8-10-19-15(12)5-1)18-14-7-6-11-3-2-9-17-16(11)14/h2-3,8-10,13-14,18H,1,4-7H2. The Morgan fingerprint density at radius 2 is 2.16 bits per heavy atom. The van der Waals surface area contributed by atoms with Crippen LogP contribution in [-0.2, 0) is 12.8 Å². The molecule has 2 aromatic rings. The quantitative estimate of drug-likeness (QED) is 0.898. The molecule has 0 spiro atoms. The van der Waals surface area contributed by atoms with Gasteiger partial charge in [-0.2, -0.15) is 0 Å². The predicted molar refractivity (Wildman–Crippen MR) is 78.4 cm³/mol. The number of nitrogens with one attached hydrogen (secondary N) is 1. The summed E-state index contributed by atoms with van der Waals surface area (Å²) in [6.07, 6.45) is 8.14. The van der Waals surface area contributed by atoms with Crippen molar-refractivity contribution in [1.29, 1.82) is 0 Å². The Morgan fingerprint density at radius 3 is 3.16 bits per heavy atom. The van der Waals surface area contributed by atoms with Crippen molar-refractivity contribution in [3.8, 4) is 0 Å². The van der Waals surface area contributed by atoms with Gasteiger partial charge in [0.15, 0.2) is 0 Å². The highest BCUT2D eigenvalue weighted by molar-refractivity contribution is 7.10. The van der Waals surface area contributed by atoms with Gasteiger partial charge in [0.1, 0.15) is 0 Å². The van der Waals surface area contributed by atoms with Crippen LogP contribution in [0.3, 0.4) is 0 Å². The Morgan fingerprint density at radius 1 is 1.16 bits per heavy atom. The number of aromatic nitrogens is 1. The normalized spacial score (nSPS) is 25.1. The lowest BCUT2D eigenvalue weighted by molar-refractivity contribution is 0.397. The van der Waals surface area contributed by atoms with E-state index in [1.54, 1.807) is 10.4 Å². The van der Waals surface area contributed by atoms with Gasteiger partial charge >= 0.3 is 0 Å². The molecule has 0 aromatic carbocycles. The van der Waals surface area contributed by atoms with Gasteiger partial charge in [-0.3, -0.25) is 4.98 Å². The van der Waals surface area contributed by atoms with Gasteiger partial charge in [-0.05, 0) is 60.7 Å². The maximum Gasteiger partial charge on any atom is 0.0605 e. The molecule has 1 N–H and O–H groups in total. The van der Waals surface area contributed by atoms with Crippen molar-refractivity contribution in [2.45, 2.75) is 44.2 Å². The lowest BCUT2D eigenvalue weighted by Crippen LogP contribution is -2.27. The van der Waals surface area contributed by atoms with Crippen molar-refractivity contribution in [2.75, 3.05) is 0 Å². The number of fused-ring (bicyclic) bond motifs is 2. The van der Waals surface area contributed by atoms with Crippen LogP contribution in [0.1, 0.15) is 53.0 Å². The summed E-state index contributed by atoms with van der Waals surface area (Å²) in [6.45, 7) is 0. The molecule has 3 heteroatoms. The number of aryl methyl sites for hydroxylation is 2. The lowest BCUT2D eigenvalue weighted by Gasteiger charge is -2.27. The van der Waals surface area contributed by atoms with Gasteiger partial charge in [0.25, 0.3) is 0 Å². The van der Waals surface area contributed by atoms with Gasteiger partial charge in [0.2, 0.25) is 0 Å². The van der Waals surface area contributed by atoms with Crippen molar-refractivity contribution >= 4 is 11.3 Å². The van der Waals surface area contributed by atoms with E-state index in [4.69, 9.17) is 0 Å². The molecule has 19 heavy (non-hydrogen) atoms. The largest absolute Gasteiger partial charge is 0.302 e. The van der Waals surface area contributed by atoms with Crippen molar-refractivity contribution in [3.05, 3.63) is 51.5 Å². The minimum Gasteiger partial charge on any atom is -0.302 e. The number of rotatable bonds is 2. The van der Waals surface area contributed by atoms with Crippen LogP contribution in [0.4, 0.5) is 0 Å². The van der Waals surface area contributed by atoms with Crippen LogP contribution in [-0.4, -0.2) is 4.98 Å². The second-order valence-electron chi connectivity index (χ2n) is 5.55. The second-order valence-corrected chi connectivity index (χ2v) is 6.55. The first-order valence-electron chi connectivity index (χ1n) is 7.18. The summed E-state index contributed by atoms with van der Waals surface area (Å²) < 4.78 is 0. The molecule has 98 valence electrons. The zero-order valence-electron chi connectivity index (χ0n) is 10.9. The molecular formula is C16H18N2S. The first-order valence-corrected chi connectivity index (χ1v) is 8.06. The molecular weight excluding hydrogens is 252 g/mol. The van der Waals surface area contributed by atoms with Crippen molar-refractivity contribution < 1.29 is 0 Å². The van der Waals surface area contributed by atoms with Gasteiger partial charge in [0, 0.05) is 17.1 Å². The number of nitrogens with zero attached hydrogens (tertiary/aromatic N) is 1. The molecule has 2 aliphatic carbocycles. The number of hydrogen-bond acceptors (Lipinski definition) is 3. The fraction of sp³-hybridized carbons (Fsp3) is 0.438. The Labute approximate surface area is 117 Å². The number of hydrogen-bond donors (Lipinski definition) is 1. The Kier molecular flexibility index (Phi) is 2.89. The average Bonchev–Trinajstić information content (AvgIpc) is 3.06. The Bertz CT molecular complexity index is 590. The molecule has 4 rings (SSSR count). The number of thiophene rings is 1. The molecule has 0 bridgehead atoms.